The molecule has 6 nitrogen and oxygen atoms in total. The number of aryl methyl sites for hydroxylation is 1. The Morgan fingerprint density at radius 1 is 1.24 bits per heavy atom. The van der Waals surface area contributed by atoms with Gasteiger partial charge in [-0.05, 0) is 63.2 Å². The Labute approximate surface area is 177 Å². The maximum atomic E-state index is 5.87. The molecule has 1 fully saturated rings. The molecule has 2 rings (SSSR count). The second-order valence-electron chi connectivity index (χ2n) is 8.06. The van der Waals surface area contributed by atoms with Crippen LogP contribution in [0, 0.1) is 12.8 Å². The van der Waals surface area contributed by atoms with E-state index in [4.69, 9.17) is 9.47 Å². The average Bonchev–Trinajstić information content (AvgIpc) is 2.71. The van der Waals surface area contributed by atoms with E-state index >= 15 is 0 Å². The topological polar surface area (TPSA) is 58.1 Å². The number of hydrogen-bond donors (Lipinski definition) is 2. The van der Waals surface area contributed by atoms with Crippen molar-refractivity contribution in [1.29, 1.82) is 0 Å². The van der Waals surface area contributed by atoms with Crippen LogP contribution >= 0.6 is 0 Å². The SMILES string of the molecule is CN=C(NCCCCN1CCCC(C)C1)NCc1ccc(C)cc1OCCOC. The Kier molecular flexibility index (Phi) is 10.9. The van der Waals surface area contributed by atoms with E-state index < -0.39 is 0 Å². The van der Waals surface area contributed by atoms with Gasteiger partial charge in [0.05, 0.1) is 6.61 Å². The van der Waals surface area contributed by atoms with Crippen molar-refractivity contribution in [3.63, 3.8) is 0 Å². The number of nitrogens with one attached hydrogen (secondary N) is 2. The summed E-state index contributed by atoms with van der Waals surface area (Å²) >= 11 is 0. The number of nitrogens with zero attached hydrogens (tertiary/aromatic N) is 2. The van der Waals surface area contributed by atoms with Crippen molar-refractivity contribution < 1.29 is 9.47 Å². The van der Waals surface area contributed by atoms with Gasteiger partial charge >= 0.3 is 0 Å². The molecule has 0 amide bonds. The molecule has 29 heavy (non-hydrogen) atoms. The molecule has 1 aromatic carbocycles. The molecule has 6 heteroatoms. The molecule has 0 aliphatic carbocycles. The predicted molar refractivity (Wildman–Crippen MR) is 121 cm³/mol. The van der Waals surface area contributed by atoms with Gasteiger partial charge < -0.3 is 25.0 Å². The van der Waals surface area contributed by atoms with E-state index in [1.54, 1.807) is 7.11 Å². The molecule has 0 aromatic heterocycles. The molecule has 1 aliphatic rings. The van der Waals surface area contributed by atoms with Gasteiger partial charge in [0.15, 0.2) is 5.96 Å². The van der Waals surface area contributed by atoms with Crippen molar-refractivity contribution in [3.8, 4) is 5.75 Å². The van der Waals surface area contributed by atoms with E-state index in [0.717, 1.165) is 36.2 Å². The van der Waals surface area contributed by atoms with Crippen LogP contribution in [0.1, 0.15) is 43.7 Å². The van der Waals surface area contributed by atoms with E-state index in [9.17, 15) is 0 Å². The molecule has 1 heterocycles. The highest BCUT2D eigenvalue weighted by Crippen LogP contribution is 2.20. The molecule has 164 valence electrons. The van der Waals surface area contributed by atoms with Gasteiger partial charge in [-0.15, -0.1) is 0 Å². The van der Waals surface area contributed by atoms with Crippen LogP contribution in [-0.4, -0.2) is 64.4 Å². The standard InChI is InChI=1S/C23H40N4O2/c1-19-9-10-21(22(16-19)29-15-14-28-4)17-26-23(24-3)25-11-5-6-12-27-13-7-8-20(2)18-27/h9-10,16,20H,5-8,11-15,17-18H2,1-4H3,(H2,24,25,26). The lowest BCUT2D eigenvalue weighted by Gasteiger charge is -2.30. The minimum absolute atomic E-state index is 0.551. The number of guanidine groups is 1. The van der Waals surface area contributed by atoms with Crippen LogP contribution in [-0.2, 0) is 11.3 Å². The Morgan fingerprint density at radius 2 is 2.10 bits per heavy atom. The smallest absolute Gasteiger partial charge is 0.191 e. The van der Waals surface area contributed by atoms with Crippen LogP contribution in [0.3, 0.4) is 0 Å². The minimum Gasteiger partial charge on any atom is -0.491 e. The van der Waals surface area contributed by atoms with Crippen molar-refractivity contribution in [2.75, 3.05) is 53.6 Å². The molecular weight excluding hydrogens is 364 g/mol. The summed E-state index contributed by atoms with van der Waals surface area (Å²) in [4.78, 5) is 6.96. The second-order valence-corrected chi connectivity index (χ2v) is 8.06. The third-order valence-electron chi connectivity index (χ3n) is 5.37. The van der Waals surface area contributed by atoms with Gasteiger partial charge in [-0.25, -0.2) is 0 Å². The van der Waals surface area contributed by atoms with Crippen LogP contribution in [0.25, 0.3) is 0 Å². The zero-order valence-corrected chi connectivity index (χ0v) is 18.8. The summed E-state index contributed by atoms with van der Waals surface area (Å²) in [6.07, 6.45) is 5.12. The molecule has 1 unspecified atom stereocenters. The molecule has 1 aliphatic heterocycles. The van der Waals surface area contributed by atoms with Crippen LogP contribution in [0.2, 0.25) is 0 Å². The van der Waals surface area contributed by atoms with E-state index in [-0.39, 0.29) is 0 Å². The van der Waals surface area contributed by atoms with Gasteiger partial charge in [0.2, 0.25) is 0 Å². The zero-order valence-electron chi connectivity index (χ0n) is 18.8. The maximum absolute atomic E-state index is 5.87. The highest BCUT2D eigenvalue weighted by Gasteiger charge is 2.15. The fraction of sp³-hybridized carbons (Fsp3) is 0.696. The molecule has 1 atom stereocenters. The number of rotatable bonds is 11. The Bertz CT molecular complexity index is 621. The number of benzene rings is 1. The van der Waals surface area contributed by atoms with Crippen molar-refractivity contribution in [3.05, 3.63) is 29.3 Å². The summed E-state index contributed by atoms with van der Waals surface area (Å²) in [5, 5.41) is 6.83. The fourth-order valence-corrected chi connectivity index (χ4v) is 3.73. The Hall–Kier alpha value is -1.79. The number of piperidine rings is 1. The summed E-state index contributed by atoms with van der Waals surface area (Å²) in [7, 11) is 3.50. The maximum Gasteiger partial charge on any atom is 0.191 e. The lowest BCUT2D eigenvalue weighted by molar-refractivity contribution is 0.145. The summed E-state index contributed by atoms with van der Waals surface area (Å²) in [5.41, 5.74) is 2.31. The number of unbranched alkanes of at least 4 members (excludes halogenated alkanes) is 1. The number of aliphatic imine (C=N–C) groups is 1. The van der Waals surface area contributed by atoms with Gasteiger partial charge in [-0.2, -0.15) is 0 Å². The largest absolute Gasteiger partial charge is 0.491 e. The molecular formula is C23H40N4O2. The lowest BCUT2D eigenvalue weighted by Crippen LogP contribution is -2.38. The summed E-state index contributed by atoms with van der Waals surface area (Å²) in [6, 6.07) is 6.29. The highest BCUT2D eigenvalue weighted by atomic mass is 16.5. The molecule has 0 bridgehead atoms. The van der Waals surface area contributed by atoms with Crippen molar-refractivity contribution in [1.82, 2.24) is 15.5 Å². The Balaban J connectivity index is 1.69. The van der Waals surface area contributed by atoms with Gasteiger partial charge in [0.1, 0.15) is 12.4 Å². The number of likely N-dealkylation sites (tertiary alicyclic amines) is 1. The predicted octanol–water partition coefficient (Wildman–Crippen LogP) is 3.20. The van der Waals surface area contributed by atoms with E-state index in [2.05, 4.69) is 52.6 Å². The first-order chi connectivity index (χ1) is 14.1. The minimum atomic E-state index is 0.551. The molecule has 2 N–H and O–H groups in total. The first-order valence-electron chi connectivity index (χ1n) is 11.0. The summed E-state index contributed by atoms with van der Waals surface area (Å²) in [6.45, 7) is 10.9. The van der Waals surface area contributed by atoms with Crippen molar-refractivity contribution in [2.24, 2.45) is 10.9 Å². The van der Waals surface area contributed by atoms with E-state index in [0.29, 0.717) is 19.8 Å². The molecule has 0 spiro atoms. The van der Waals surface area contributed by atoms with E-state index in [1.165, 1.54) is 44.5 Å². The second kappa shape index (κ2) is 13.4. The average molecular weight is 405 g/mol. The quantitative estimate of drug-likeness (QED) is 0.337. The first kappa shape index (κ1) is 23.5. The molecule has 0 radical (unpaired) electrons. The summed E-state index contributed by atoms with van der Waals surface area (Å²) in [5.74, 6) is 2.59. The monoisotopic (exact) mass is 404 g/mol. The lowest BCUT2D eigenvalue weighted by atomic mass is 10.0. The summed E-state index contributed by atoms with van der Waals surface area (Å²) < 4.78 is 11.0. The fourth-order valence-electron chi connectivity index (χ4n) is 3.73. The van der Waals surface area contributed by atoms with E-state index in [1.807, 2.05) is 7.05 Å². The number of ether oxygens (including phenoxy) is 2. The third kappa shape index (κ3) is 9.05. The Morgan fingerprint density at radius 3 is 2.86 bits per heavy atom. The number of methoxy groups -OCH3 is 1. The first-order valence-corrected chi connectivity index (χ1v) is 11.0. The third-order valence-corrected chi connectivity index (χ3v) is 5.37. The van der Waals surface area contributed by atoms with Crippen LogP contribution in [0.4, 0.5) is 0 Å². The van der Waals surface area contributed by atoms with Crippen LogP contribution < -0.4 is 15.4 Å². The molecule has 1 aromatic rings. The molecule has 1 saturated heterocycles. The van der Waals surface area contributed by atoms with Gasteiger partial charge in [-0.1, -0.05) is 19.1 Å². The van der Waals surface area contributed by atoms with Crippen molar-refractivity contribution in [2.45, 2.75) is 46.1 Å². The molecule has 0 saturated carbocycles. The number of hydrogen-bond acceptors (Lipinski definition) is 4. The van der Waals surface area contributed by atoms with Crippen LogP contribution in [0.5, 0.6) is 5.75 Å². The van der Waals surface area contributed by atoms with Crippen LogP contribution in [0.15, 0.2) is 23.2 Å². The highest BCUT2D eigenvalue weighted by molar-refractivity contribution is 5.79. The normalized spacial score (nSPS) is 17.9. The van der Waals surface area contributed by atoms with Gasteiger partial charge in [0, 0.05) is 39.4 Å². The van der Waals surface area contributed by atoms with Gasteiger partial charge in [0.25, 0.3) is 0 Å². The zero-order chi connectivity index (χ0) is 20.9. The van der Waals surface area contributed by atoms with Crippen molar-refractivity contribution >= 4 is 5.96 Å². The van der Waals surface area contributed by atoms with Gasteiger partial charge in [-0.3, -0.25) is 4.99 Å².